The molecule has 4 heteroatoms. The summed E-state index contributed by atoms with van der Waals surface area (Å²) >= 11 is 0. The highest BCUT2D eigenvalue weighted by Crippen LogP contribution is 1.95. The van der Waals surface area contributed by atoms with Crippen molar-refractivity contribution in [3.05, 3.63) is 0 Å². The van der Waals surface area contributed by atoms with Crippen molar-refractivity contribution in [2.75, 3.05) is 6.61 Å². The molecule has 0 aromatic carbocycles. The molecule has 15 heavy (non-hydrogen) atoms. The molecule has 0 aromatic rings. The van der Waals surface area contributed by atoms with E-state index in [1.807, 2.05) is 6.92 Å². The van der Waals surface area contributed by atoms with Gasteiger partial charge < -0.3 is 9.84 Å². The Kier molecular flexibility index (Phi) is 14.1. The molecule has 0 heterocycles. The van der Waals surface area contributed by atoms with Crippen LogP contribution in [0.15, 0.2) is 0 Å². The van der Waals surface area contributed by atoms with Gasteiger partial charge in [-0.05, 0) is 6.42 Å². The molecule has 90 valence electrons. The fraction of sp³-hybridized carbons (Fsp3) is 0.818. The Balaban J connectivity index is 0. The lowest BCUT2D eigenvalue weighted by molar-refractivity contribution is -0.143. The summed E-state index contributed by atoms with van der Waals surface area (Å²) in [5.41, 5.74) is 0. The maximum absolute atomic E-state index is 10.6. The van der Waals surface area contributed by atoms with Crippen molar-refractivity contribution in [2.45, 2.75) is 52.9 Å². The van der Waals surface area contributed by atoms with Crippen LogP contribution in [0.4, 0.5) is 0 Å². The number of esters is 1. The summed E-state index contributed by atoms with van der Waals surface area (Å²) in [6, 6.07) is 0. The zero-order chi connectivity index (χ0) is 12.1. The summed E-state index contributed by atoms with van der Waals surface area (Å²) in [6.45, 7) is 6.13. The SMILES string of the molecule is CCC(=O)O.CCCCCOC(=O)CC. The second-order valence-electron chi connectivity index (χ2n) is 3.03. The lowest BCUT2D eigenvalue weighted by Gasteiger charge is -2.00. The third-order valence-corrected chi connectivity index (χ3v) is 1.60. The van der Waals surface area contributed by atoms with Gasteiger partial charge in [0.05, 0.1) is 6.61 Å². The Hall–Kier alpha value is -1.06. The van der Waals surface area contributed by atoms with E-state index in [4.69, 9.17) is 9.84 Å². The van der Waals surface area contributed by atoms with Crippen molar-refractivity contribution in [2.24, 2.45) is 0 Å². The Morgan fingerprint density at radius 2 is 1.60 bits per heavy atom. The van der Waals surface area contributed by atoms with Gasteiger partial charge in [0.1, 0.15) is 0 Å². The van der Waals surface area contributed by atoms with Crippen molar-refractivity contribution in [3.8, 4) is 0 Å². The van der Waals surface area contributed by atoms with Gasteiger partial charge in [0.15, 0.2) is 0 Å². The largest absolute Gasteiger partial charge is 0.481 e. The third-order valence-electron chi connectivity index (χ3n) is 1.60. The van der Waals surface area contributed by atoms with E-state index >= 15 is 0 Å². The van der Waals surface area contributed by atoms with Crippen molar-refractivity contribution in [1.29, 1.82) is 0 Å². The second-order valence-corrected chi connectivity index (χ2v) is 3.03. The zero-order valence-corrected chi connectivity index (χ0v) is 9.91. The highest BCUT2D eigenvalue weighted by atomic mass is 16.5. The molecule has 0 aliphatic rings. The standard InChI is InChI=1S/C8H16O2.C3H6O2/c1-3-5-6-7-10-8(9)4-2;1-2-3(4)5/h3-7H2,1-2H3;2H2,1H3,(H,4,5). The van der Waals surface area contributed by atoms with Gasteiger partial charge in [-0.1, -0.05) is 33.6 Å². The molecule has 0 aliphatic heterocycles. The van der Waals surface area contributed by atoms with Gasteiger partial charge >= 0.3 is 11.9 Å². The van der Waals surface area contributed by atoms with Gasteiger partial charge in [-0.2, -0.15) is 0 Å². The third kappa shape index (κ3) is 19.4. The van der Waals surface area contributed by atoms with Gasteiger partial charge in [0.25, 0.3) is 0 Å². The minimum Gasteiger partial charge on any atom is -0.481 e. The van der Waals surface area contributed by atoms with E-state index in [2.05, 4.69) is 6.92 Å². The molecule has 0 saturated carbocycles. The molecule has 0 aromatic heterocycles. The molecular weight excluding hydrogens is 196 g/mol. The molecule has 0 fully saturated rings. The maximum atomic E-state index is 10.6. The number of unbranched alkanes of at least 4 members (excludes halogenated alkanes) is 2. The summed E-state index contributed by atoms with van der Waals surface area (Å²) in [7, 11) is 0. The average Bonchev–Trinajstić information content (AvgIpc) is 2.24. The maximum Gasteiger partial charge on any atom is 0.305 e. The predicted octanol–water partition coefficient (Wildman–Crippen LogP) is 2.61. The molecule has 0 bridgehead atoms. The quantitative estimate of drug-likeness (QED) is 0.550. The topological polar surface area (TPSA) is 63.6 Å². The number of carbonyl (C=O) groups excluding carboxylic acids is 1. The minimum absolute atomic E-state index is 0.0869. The number of carboxylic acids is 1. The molecule has 0 radical (unpaired) electrons. The van der Waals surface area contributed by atoms with Crippen molar-refractivity contribution >= 4 is 11.9 Å². The second kappa shape index (κ2) is 12.9. The number of aliphatic carboxylic acids is 1. The molecule has 0 atom stereocenters. The molecular formula is C11H22O4. The smallest absolute Gasteiger partial charge is 0.305 e. The Labute approximate surface area is 91.6 Å². The highest BCUT2D eigenvalue weighted by Gasteiger charge is 1.95. The summed E-state index contributed by atoms with van der Waals surface area (Å²) in [5.74, 6) is -0.832. The number of hydrogen-bond donors (Lipinski definition) is 1. The van der Waals surface area contributed by atoms with E-state index in [0.29, 0.717) is 13.0 Å². The Bertz CT molecular complexity index is 166. The first-order chi connectivity index (χ1) is 7.08. The van der Waals surface area contributed by atoms with Crippen LogP contribution < -0.4 is 0 Å². The van der Waals surface area contributed by atoms with Gasteiger partial charge in [0, 0.05) is 12.8 Å². The van der Waals surface area contributed by atoms with Crippen LogP contribution in [0.5, 0.6) is 0 Å². The molecule has 4 nitrogen and oxygen atoms in total. The van der Waals surface area contributed by atoms with Crippen LogP contribution in [0.1, 0.15) is 52.9 Å². The minimum atomic E-state index is -0.745. The molecule has 0 saturated heterocycles. The molecule has 0 unspecified atom stereocenters. The van der Waals surface area contributed by atoms with Crippen LogP contribution in [-0.2, 0) is 14.3 Å². The molecule has 0 spiro atoms. The highest BCUT2D eigenvalue weighted by molar-refractivity contribution is 5.68. The predicted molar refractivity (Wildman–Crippen MR) is 58.7 cm³/mol. The summed E-state index contributed by atoms with van der Waals surface area (Å²) in [4.78, 5) is 19.9. The molecule has 1 N–H and O–H groups in total. The first-order valence-electron chi connectivity index (χ1n) is 5.45. The van der Waals surface area contributed by atoms with E-state index < -0.39 is 5.97 Å². The van der Waals surface area contributed by atoms with Crippen LogP contribution in [0.3, 0.4) is 0 Å². The molecule has 0 amide bonds. The number of rotatable bonds is 6. The zero-order valence-electron chi connectivity index (χ0n) is 9.91. The number of carboxylic acid groups (broad SMARTS) is 1. The lowest BCUT2D eigenvalue weighted by atomic mass is 10.3. The molecule has 0 aliphatic carbocycles. The Morgan fingerprint density at radius 1 is 1.07 bits per heavy atom. The van der Waals surface area contributed by atoms with E-state index in [0.717, 1.165) is 12.8 Å². The van der Waals surface area contributed by atoms with E-state index in [9.17, 15) is 9.59 Å². The van der Waals surface area contributed by atoms with Gasteiger partial charge in [-0.3, -0.25) is 9.59 Å². The van der Waals surface area contributed by atoms with E-state index in [-0.39, 0.29) is 12.4 Å². The van der Waals surface area contributed by atoms with Crippen LogP contribution in [0.2, 0.25) is 0 Å². The Morgan fingerprint density at radius 3 is 1.93 bits per heavy atom. The van der Waals surface area contributed by atoms with Gasteiger partial charge in [-0.15, -0.1) is 0 Å². The summed E-state index contributed by atoms with van der Waals surface area (Å²) in [5, 5.41) is 7.72. The van der Waals surface area contributed by atoms with Gasteiger partial charge in [-0.25, -0.2) is 0 Å². The van der Waals surface area contributed by atoms with Crippen molar-refractivity contribution in [3.63, 3.8) is 0 Å². The summed E-state index contributed by atoms with van der Waals surface area (Å²) in [6.07, 6.45) is 4.04. The van der Waals surface area contributed by atoms with Crippen LogP contribution in [0.25, 0.3) is 0 Å². The molecule has 0 rings (SSSR count). The average molecular weight is 218 g/mol. The normalized spacial score (nSPS) is 8.73. The van der Waals surface area contributed by atoms with Crippen molar-refractivity contribution < 1.29 is 19.4 Å². The van der Waals surface area contributed by atoms with Crippen LogP contribution in [0, 0.1) is 0 Å². The monoisotopic (exact) mass is 218 g/mol. The number of hydrogen-bond acceptors (Lipinski definition) is 3. The van der Waals surface area contributed by atoms with Crippen LogP contribution >= 0.6 is 0 Å². The van der Waals surface area contributed by atoms with E-state index in [1.165, 1.54) is 6.42 Å². The first-order valence-corrected chi connectivity index (χ1v) is 5.45. The first kappa shape index (κ1) is 16.4. The van der Waals surface area contributed by atoms with Gasteiger partial charge in [0.2, 0.25) is 0 Å². The summed E-state index contributed by atoms with van der Waals surface area (Å²) < 4.78 is 4.85. The fourth-order valence-electron chi connectivity index (χ4n) is 0.640. The fourth-order valence-corrected chi connectivity index (χ4v) is 0.640. The van der Waals surface area contributed by atoms with Crippen LogP contribution in [-0.4, -0.2) is 23.7 Å². The number of ether oxygens (including phenoxy) is 1. The lowest BCUT2D eigenvalue weighted by Crippen LogP contribution is -2.03. The van der Waals surface area contributed by atoms with Crippen molar-refractivity contribution in [1.82, 2.24) is 0 Å². The number of carbonyl (C=O) groups is 2. The van der Waals surface area contributed by atoms with E-state index in [1.54, 1.807) is 6.92 Å².